The molecule has 0 unspecified atom stereocenters. The summed E-state index contributed by atoms with van der Waals surface area (Å²) in [5.74, 6) is 0.693. The minimum Gasteiger partial charge on any atom is -0.340 e. The SMILES string of the molecule is Cc1cc(C(=O)N(Cc2cccnc2)Cc2cnc(-c3ccccc3)[nH]2)n(C)n1. The molecular formula is C22H22N6O. The number of pyridine rings is 1. The van der Waals surface area contributed by atoms with E-state index in [1.165, 1.54) is 0 Å². The van der Waals surface area contributed by atoms with Crippen molar-refractivity contribution in [3.8, 4) is 11.4 Å². The number of aryl methyl sites for hydroxylation is 2. The summed E-state index contributed by atoms with van der Waals surface area (Å²) < 4.78 is 1.62. The van der Waals surface area contributed by atoms with Gasteiger partial charge in [0.1, 0.15) is 11.5 Å². The summed E-state index contributed by atoms with van der Waals surface area (Å²) in [5.41, 5.74) is 4.19. The maximum atomic E-state index is 13.3. The molecule has 0 radical (unpaired) electrons. The molecule has 1 aromatic carbocycles. The predicted molar refractivity (Wildman–Crippen MR) is 110 cm³/mol. The highest BCUT2D eigenvalue weighted by Crippen LogP contribution is 2.18. The molecule has 0 aliphatic heterocycles. The van der Waals surface area contributed by atoms with Crippen LogP contribution in [0, 0.1) is 6.92 Å². The average Bonchev–Trinajstić information content (AvgIpc) is 3.34. The normalized spacial score (nSPS) is 10.8. The Kier molecular flexibility index (Phi) is 5.20. The van der Waals surface area contributed by atoms with Gasteiger partial charge in [0.2, 0.25) is 0 Å². The zero-order valence-corrected chi connectivity index (χ0v) is 16.4. The summed E-state index contributed by atoms with van der Waals surface area (Å²) in [6, 6.07) is 15.6. The number of aromatic nitrogens is 5. The Bertz CT molecular complexity index is 1100. The van der Waals surface area contributed by atoms with Crippen LogP contribution in [0.2, 0.25) is 0 Å². The second-order valence-corrected chi connectivity index (χ2v) is 6.94. The Labute approximate surface area is 169 Å². The second-order valence-electron chi connectivity index (χ2n) is 6.94. The molecule has 0 aliphatic carbocycles. The van der Waals surface area contributed by atoms with Crippen LogP contribution in [0.5, 0.6) is 0 Å². The molecule has 0 fully saturated rings. The van der Waals surface area contributed by atoms with Gasteiger partial charge in [0.25, 0.3) is 5.91 Å². The lowest BCUT2D eigenvalue weighted by molar-refractivity contribution is 0.0716. The van der Waals surface area contributed by atoms with Gasteiger partial charge < -0.3 is 9.88 Å². The van der Waals surface area contributed by atoms with Crippen LogP contribution in [-0.2, 0) is 20.1 Å². The fourth-order valence-electron chi connectivity index (χ4n) is 3.27. The number of carbonyl (C=O) groups is 1. The first-order valence-corrected chi connectivity index (χ1v) is 9.38. The van der Waals surface area contributed by atoms with Crippen molar-refractivity contribution in [3.05, 3.63) is 89.8 Å². The third kappa shape index (κ3) is 4.24. The first kappa shape index (κ1) is 18.6. The van der Waals surface area contributed by atoms with Gasteiger partial charge in [-0.25, -0.2) is 4.98 Å². The van der Waals surface area contributed by atoms with E-state index in [1.807, 2.05) is 49.4 Å². The molecule has 1 N–H and O–H groups in total. The Morgan fingerprint density at radius 3 is 2.62 bits per heavy atom. The monoisotopic (exact) mass is 386 g/mol. The number of hydrogen-bond acceptors (Lipinski definition) is 4. The number of benzene rings is 1. The summed E-state index contributed by atoms with van der Waals surface area (Å²) in [6.45, 7) is 2.72. The molecule has 4 rings (SSSR count). The van der Waals surface area contributed by atoms with Crippen LogP contribution in [0.15, 0.2) is 67.1 Å². The second kappa shape index (κ2) is 8.10. The highest BCUT2D eigenvalue weighted by atomic mass is 16.2. The summed E-state index contributed by atoms with van der Waals surface area (Å²) in [6.07, 6.45) is 5.28. The quantitative estimate of drug-likeness (QED) is 0.551. The number of hydrogen-bond donors (Lipinski definition) is 1. The van der Waals surface area contributed by atoms with Gasteiger partial charge in [0.15, 0.2) is 0 Å². The van der Waals surface area contributed by atoms with Crippen molar-refractivity contribution in [1.82, 2.24) is 29.6 Å². The van der Waals surface area contributed by atoms with Crippen LogP contribution < -0.4 is 0 Å². The average molecular weight is 386 g/mol. The van der Waals surface area contributed by atoms with Gasteiger partial charge in [-0.3, -0.25) is 14.5 Å². The van der Waals surface area contributed by atoms with Crippen molar-refractivity contribution in [1.29, 1.82) is 0 Å². The van der Waals surface area contributed by atoms with Gasteiger partial charge in [-0.15, -0.1) is 0 Å². The number of imidazole rings is 1. The van der Waals surface area contributed by atoms with Crippen molar-refractivity contribution in [3.63, 3.8) is 0 Å². The molecule has 0 spiro atoms. The largest absolute Gasteiger partial charge is 0.340 e. The summed E-state index contributed by atoms with van der Waals surface area (Å²) >= 11 is 0. The van der Waals surface area contributed by atoms with Gasteiger partial charge in [0, 0.05) is 31.5 Å². The molecule has 1 amide bonds. The van der Waals surface area contributed by atoms with Gasteiger partial charge in [-0.2, -0.15) is 5.10 Å². The predicted octanol–water partition coefficient (Wildman–Crippen LogP) is 3.36. The molecule has 0 saturated carbocycles. The number of nitrogens with zero attached hydrogens (tertiary/aromatic N) is 5. The molecule has 7 heteroatoms. The molecule has 4 aromatic rings. The molecule has 7 nitrogen and oxygen atoms in total. The van der Waals surface area contributed by atoms with E-state index in [1.54, 1.807) is 41.3 Å². The Balaban J connectivity index is 1.61. The molecule has 3 aromatic heterocycles. The van der Waals surface area contributed by atoms with Crippen molar-refractivity contribution in [2.24, 2.45) is 7.05 Å². The van der Waals surface area contributed by atoms with E-state index >= 15 is 0 Å². The number of carbonyl (C=O) groups excluding carboxylic acids is 1. The van der Waals surface area contributed by atoms with Crippen LogP contribution in [0.25, 0.3) is 11.4 Å². The molecule has 0 saturated heterocycles. The van der Waals surface area contributed by atoms with Crippen molar-refractivity contribution < 1.29 is 4.79 Å². The molecule has 0 atom stereocenters. The molecule has 3 heterocycles. The number of rotatable bonds is 6. The smallest absolute Gasteiger partial charge is 0.272 e. The lowest BCUT2D eigenvalue weighted by Gasteiger charge is -2.22. The number of aromatic amines is 1. The van der Waals surface area contributed by atoms with E-state index < -0.39 is 0 Å². The zero-order chi connectivity index (χ0) is 20.2. The zero-order valence-electron chi connectivity index (χ0n) is 16.4. The van der Waals surface area contributed by atoms with E-state index in [0.717, 1.165) is 28.3 Å². The fourth-order valence-corrected chi connectivity index (χ4v) is 3.27. The van der Waals surface area contributed by atoms with E-state index in [9.17, 15) is 4.79 Å². The van der Waals surface area contributed by atoms with E-state index in [0.29, 0.717) is 18.8 Å². The Morgan fingerprint density at radius 1 is 1.10 bits per heavy atom. The summed E-state index contributed by atoms with van der Waals surface area (Å²) in [5, 5.41) is 4.31. The number of nitrogens with one attached hydrogen (secondary N) is 1. The minimum absolute atomic E-state index is 0.0900. The summed E-state index contributed by atoms with van der Waals surface area (Å²) in [7, 11) is 1.78. The molecule has 29 heavy (non-hydrogen) atoms. The van der Waals surface area contributed by atoms with Gasteiger partial charge in [0.05, 0.1) is 24.1 Å². The van der Waals surface area contributed by atoms with Gasteiger partial charge >= 0.3 is 0 Å². The molecule has 0 bridgehead atoms. The van der Waals surface area contributed by atoms with E-state index in [-0.39, 0.29) is 5.91 Å². The van der Waals surface area contributed by atoms with Crippen LogP contribution in [0.3, 0.4) is 0 Å². The van der Waals surface area contributed by atoms with Crippen molar-refractivity contribution in [2.75, 3.05) is 0 Å². The first-order chi connectivity index (χ1) is 14.1. The first-order valence-electron chi connectivity index (χ1n) is 9.38. The van der Waals surface area contributed by atoms with E-state index in [2.05, 4.69) is 20.1 Å². The maximum Gasteiger partial charge on any atom is 0.272 e. The summed E-state index contributed by atoms with van der Waals surface area (Å²) in [4.78, 5) is 27.0. The highest BCUT2D eigenvalue weighted by molar-refractivity contribution is 5.92. The van der Waals surface area contributed by atoms with Crippen molar-refractivity contribution >= 4 is 5.91 Å². The standard InChI is InChI=1S/C22H22N6O/c1-16-11-20(27(2)26-16)22(29)28(14-17-7-6-10-23-12-17)15-19-13-24-21(25-19)18-8-4-3-5-9-18/h3-13H,14-15H2,1-2H3,(H,24,25). The lowest BCUT2D eigenvalue weighted by atomic mass is 10.2. The third-order valence-electron chi connectivity index (χ3n) is 4.64. The Hall–Kier alpha value is -3.74. The molecule has 0 aliphatic rings. The van der Waals surface area contributed by atoms with E-state index in [4.69, 9.17) is 0 Å². The third-order valence-corrected chi connectivity index (χ3v) is 4.64. The number of amides is 1. The van der Waals surface area contributed by atoms with Crippen LogP contribution in [0.1, 0.15) is 27.4 Å². The highest BCUT2D eigenvalue weighted by Gasteiger charge is 2.21. The topological polar surface area (TPSA) is 79.7 Å². The maximum absolute atomic E-state index is 13.3. The van der Waals surface area contributed by atoms with Crippen LogP contribution in [0.4, 0.5) is 0 Å². The van der Waals surface area contributed by atoms with Crippen LogP contribution in [-0.4, -0.2) is 35.5 Å². The van der Waals surface area contributed by atoms with Gasteiger partial charge in [-0.05, 0) is 24.6 Å². The minimum atomic E-state index is -0.0900. The van der Waals surface area contributed by atoms with Crippen molar-refractivity contribution in [2.45, 2.75) is 20.0 Å². The number of H-pyrrole nitrogens is 1. The van der Waals surface area contributed by atoms with Gasteiger partial charge in [-0.1, -0.05) is 36.4 Å². The Morgan fingerprint density at radius 2 is 1.93 bits per heavy atom. The van der Waals surface area contributed by atoms with Crippen LogP contribution >= 0.6 is 0 Å². The fraction of sp³-hybridized carbons (Fsp3) is 0.182. The molecule has 146 valence electrons. The molecular weight excluding hydrogens is 364 g/mol. The lowest BCUT2D eigenvalue weighted by Crippen LogP contribution is -2.31.